The highest BCUT2D eigenvalue weighted by molar-refractivity contribution is 5.81. The van der Waals surface area contributed by atoms with Gasteiger partial charge in [0.1, 0.15) is 11.9 Å². The largest absolute Gasteiger partial charge is 0.484 e. The highest BCUT2D eigenvalue weighted by Crippen LogP contribution is 2.19. The second-order valence-electron chi connectivity index (χ2n) is 7.12. The van der Waals surface area contributed by atoms with E-state index in [0.29, 0.717) is 32.8 Å². The smallest absolute Gasteiger partial charge is 0.260 e. The molecule has 2 amide bonds. The predicted octanol–water partition coefficient (Wildman–Crippen LogP) is 1.92. The van der Waals surface area contributed by atoms with Gasteiger partial charge in [0.2, 0.25) is 0 Å². The summed E-state index contributed by atoms with van der Waals surface area (Å²) in [5.41, 5.74) is 2.20. The van der Waals surface area contributed by atoms with E-state index >= 15 is 0 Å². The minimum atomic E-state index is -0.287. The van der Waals surface area contributed by atoms with Crippen LogP contribution >= 0.6 is 0 Å². The monoisotopic (exact) mass is 360 g/mol. The maximum atomic E-state index is 12.5. The fraction of sp³-hybridized carbons (Fsp3) is 0.600. The van der Waals surface area contributed by atoms with Crippen molar-refractivity contribution in [3.05, 3.63) is 29.3 Å². The van der Waals surface area contributed by atoms with Gasteiger partial charge in [-0.25, -0.2) is 0 Å². The molecule has 0 aliphatic carbocycles. The van der Waals surface area contributed by atoms with Crippen LogP contribution in [-0.4, -0.2) is 67.1 Å². The summed E-state index contributed by atoms with van der Waals surface area (Å²) >= 11 is 0. The molecular formula is C20H28N2O4. The molecule has 1 aromatic carbocycles. The van der Waals surface area contributed by atoms with Crippen LogP contribution in [0.15, 0.2) is 18.2 Å². The van der Waals surface area contributed by atoms with Crippen LogP contribution in [0.1, 0.15) is 30.4 Å². The molecule has 1 aromatic rings. The number of hydrogen-bond donors (Lipinski definition) is 0. The third kappa shape index (κ3) is 4.55. The Morgan fingerprint density at radius 3 is 2.62 bits per heavy atom. The Morgan fingerprint density at radius 1 is 1.12 bits per heavy atom. The Bertz CT molecular complexity index is 655. The first-order valence-corrected chi connectivity index (χ1v) is 9.43. The maximum Gasteiger partial charge on any atom is 0.260 e. The Morgan fingerprint density at radius 2 is 1.88 bits per heavy atom. The van der Waals surface area contributed by atoms with Gasteiger partial charge >= 0.3 is 0 Å². The molecule has 6 nitrogen and oxygen atoms in total. The molecule has 0 saturated carbocycles. The Balaban J connectivity index is 1.50. The zero-order valence-corrected chi connectivity index (χ0v) is 15.7. The van der Waals surface area contributed by atoms with Crippen molar-refractivity contribution in [1.82, 2.24) is 9.80 Å². The van der Waals surface area contributed by atoms with Gasteiger partial charge in [-0.3, -0.25) is 9.59 Å². The van der Waals surface area contributed by atoms with Crippen molar-refractivity contribution in [3.8, 4) is 5.75 Å². The van der Waals surface area contributed by atoms with Crippen molar-refractivity contribution in [3.63, 3.8) is 0 Å². The molecule has 0 bridgehead atoms. The molecule has 2 aliphatic rings. The Kier molecular flexibility index (Phi) is 6.14. The molecule has 1 atom stereocenters. The first-order chi connectivity index (χ1) is 12.5. The molecular weight excluding hydrogens is 332 g/mol. The molecule has 2 aliphatic heterocycles. The van der Waals surface area contributed by atoms with Crippen molar-refractivity contribution in [2.75, 3.05) is 39.4 Å². The van der Waals surface area contributed by atoms with E-state index in [1.54, 1.807) is 4.90 Å². The molecule has 2 fully saturated rings. The molecule has 0 radical (unpaired) electrons. The van der Waals surface area contributed by atoms with Gasteiger partial charge in [-0.1, -0.05) is 17.7 Å². The van der Waals surface area contributed by atoms with Crippen LogP contribution in [0.25, 0.3) is 0 Å². The number of carbonyl (C=O) groups is 2. The molecule has 142 valence electrons. The van der Waals surface area contributed by atoms with Crippen molar-refractivity contribution in [1.29, 1.82) is 0 Å². The number of ether oxygens (including phenoxy) is 2. The quantitative estimate of drug-likeness (QED) is 0.823. The van der Waals surface area contributed by atoms with Gasteiger partial charge in [-0.15, -0.1) is 0 Å². The van der Waals surface area contributed by atoms with Gasteiger partial charge < -0.3 is 19.3 Å². The molecule has 1 unspecified atom stereocenters. The topological polar surface area (TPSA) is 59.1 Å². The number of benzene rings is 1. The van der Waals surface area contributed by atoms with Gasteiger partial charge in [0, 0.05) is 32.8 Å². The molecule has 0 aromatic heterocycles. The first kappa shape index (κ1) is 18.7. The van der Waals surface area contributed by atoms with E-state index in [1.807, 2.05) is 36.9 Å². The van der Waals surface area contributed by atoms with E-state index in [9.17, 15) is 9.59 Å². The summed E-state index contributed by atoms with van der Waals surface area (Å²) < 4.78 is 11.2. The predicted molar refractivity (Wildman–Crippen MR) is 98.2 cm³/mol. The lowest BCUT2D eigenvalue weighted by molar-refractivity contribution is -0.141. The number of amides is 2. The van der Waals surface area contributed by atoms with Gasteiger partial charge in [0.05, 0.1) is 0 Å². The second-order valence-corrected chi connectivity index (χ2v) is 7.12. The number of nitrogens with zero attached hydrogens (tertiary/aromatic N) is 2. The van der Waals surface area contributed by atoms with E-state index in [1.165, 1.54) is 5.56 Å². The minimum absolute atomic E-state index is 0.0311. The third-order valence-electron chi connectivity index (χ3n) is 5.05. The molecule has 2 saturated heterocycles. The summed E-state index contributed by atoms with van der Waals surface area (Å²) in [6.07, 6.45) is 2.25. The first-order valence-electron chi connectivity index (χ1n) is 9.43. The number of hydrogen-bond acceptors (Lipinski definition) is 4. The van der Waals surface area contributed by atoms with Gasteiger partial charge in [-0.05, 0) is 44.7 Å². The summed E-state index contributed by atoms with van der Waals surface area (Å²) in [7, 11) is 0. The van der Waals surface area contributed by atoms with E-state index in [0.717, 1.165) is 30.6 Å². The van der Waals surface area contributed by atoms with E-state index in [4.69, 9.17) is 9.47 Å². The van der Waals surface area contributed by atoms with Crippen molar-refractivity contribution in [2.24, 2.45) is 0 Å². The lowest BCUT2D eigenvalue weighted by Crippen LogP contribution is -2.42. The number of rotatable bonds is 4. The molecule has 2 heterocycles. The molecule has 6 heteroatoms. The van der Waals surface area contributed by atoms with Crippen molar-refractivity contribution >= 4 is 11.8 Å². The lowest BCUT2D eigenvalue weighted by atomic mass is 10.1. The SMILES string of the molecule is Cc1ccc(OCC(=O)N2CCCN(C(=O)C3CCCO3)CC2)c(C)c1. The summed E-state index contributed by atoms with van der Waals surface area (Å²) in [4.78, 5) is 28.6. The average Bonchev–Trinajstić information content (AvgIpc) is 3.04. The normalized spacial score (nSPS) is 20.8. The Hall–Kier alpha value is -2.08. The third-order valence-corrected chi connectivity index (χ3v) is 5.05. The van der Waals surface area contributed by atoms with E-state index in [-0.39, 0.29) is 24.5 Å². The van der Waals surface area contributed by atoms with Crippen LogP contribution in [0, 0.1) is 13.8 Å². The zero-order chi connectivity index (χ0) is 18.5. The van der Waals surface area contributed by atoms with Gasteiger partial charge in [0.15, 0.2) is 6.61 Å². The fourth-order valence-electron chi connectivity index (χ4n) is 3.56. The highest BCUT2D eigenvalue weighted by atomic mass is 16.5. The molecule has 0 spiro atoms. The second kappa shape index (κ2) is 8.54. The van der Waals surface area contributed by atoms with E-state index < -0.39 is 0 Å². The lowest BCUT2D eigenvalue weighted by Gasteiger charge is -2.24. The van der Waals surface area contributed by atoms with Crippen LogP contribution in [-0.2, 0) is 14.3 Å². The number of aryl methyl sites for hydroxylation is 2. The van der Waals surface area contributed by atoms with Crippen LogP contribution < -0.4 is 4.74 Å². The maximum absolute atomic E-state index is 12.5. The van der Waals surface area contributed by atoms with Crippen LogP contribution in [0.4, 0.5) is 0 Å². The summed E-state index contributed by atoms with van der Waals surface area (Å²) in [5.74, 6) is 0.786. The minimum Gasteiger partial charge on any atom is -0.484 e. The summed E-state index contributed by atoms with van der Waals surface area (Å²) in [5, 5.41) is 0. The molecule has 0 N–H and O–H groups in total. The highest BCUT2D eigenvalue weighted by Gasteiger charge is 2.30. The van der Waals surface area contributed by atoms with E-state index in [2.05, 4.69) is 0 Å². The van der Waals surface area contributed by atoms with Gasteiger partial charge in [-0.2, -0.15) is 0 Å². The van der Waals surface area contributed by atoms with Crippen LogP contribution in [0.3, 0.4) is 0 Å². The van der Waals surface area contributed by atoms with Crippen molar-refractivity contribution < 1.29 is 19.1 Å². The van der Waals surface area contributed by atoms with Crippen LogP contribution in [0.2, 0.25) is 0 Å². The van der Waals surface area contributed by atoms with Crippen LogP contribution in [0.5, 0.6) is 5.75 Å². The molecule has 26 heavy (non-hydrogen) atoms. The summed E-state index contributed by atoms with van der Waals surface area (Å²) in [6.45, 7) is 7.16. The van der Waals surface area contributed by atoms with Crippen molar-refractivity contribution in [2.45, 2.75) is 39.2 Å². The Labute approximate surface area is 155 Å². The molecule has 3 rings (SSSR count). The summed E-state index contributed by atoms with van der Waals surface area (Å²) in [6, 6.07) is 5.93. The number of carbonyl (C=O) groups excluding carboxylic acids is 2. The average molecular weight is 360 g/mol. The zero-order valence-electron chi connectivity index (χ0n) is 15.7. The fourth-order valence-corrected chi connectivity index (χ4v) is 3.56. The standard InChI is InChI=1S/C20H28N2O4/c1-15-6-7-17(16(2)13-15)26-14-19(23)21-8-4-9-22(11-10-21)20(24)18-5-3-12-25-18/h6-7,13,18H,3-5,8-12,14H2,1-2H3. The van der Waals surface area contributed by atoms with Gasteiger partial charge in [0.25, 0.3) is 11.8 Å².